The van der Waals surface area contributed by atoms with Gasteiger partial charge in [-0.2, -0.15) is 0 Å². The summed E-state index contributed by atoms with van der Waals surface area (Å²) in [5, 5.41) is 0.705. The average Bonchev–Trinajstić information content (AvgIpc) is 2.82. The molecule has 0 N–H and O–H groups in total. The molecule has 2 aliphatic heterocycles. The number of rotatable bonds is 16. The highest BCUT2D eigenvalue weighted by molar-refractivity contribution is 7.86. The van der Waals surface area contributed by atoms with Crippen molar-refractivity contribution in [1.29, 1.82) is 0 Å². The first-order chi connectivity index (χ1) is 16.3. The molecular weight excluding hydrogens is 436 g/mol. The van der Waals surface area contributed by atoms with Crippen molar-refractivity contribution >= 4 is 10.8 Å². The van der Waals surface area contributed by atoms with Crippen LogP contribution in [0.15, 0.2) is 0 Å². The highest BCUT2D eigenvalue weighted by atomic mass is 32.2. The number of likely N-dealkylation sites (tertiary alicyclic amines) is 2. The van der Waals surface area contributed by atoms with Gasteiger partial charge >= 0.3 is 0 Å². The molecule has 0 amide bonds. The Bertz CT molecular complexity index is 494. The molecule has 0 bridgehead atoms. The summed E-state index contributed by atoms with van der Waals surface area (Å²) in [4.78, 5) is 5.53. The van der Waals surface area contributed by atoms with Gasteiger partial charge in [0.2, 0.25) is 0 Å². The molecule has 2 saturated heterocycles. The molecule has 0 aromatic carbocycles. The van der Waals surface area contributed by atoms with Crippen LogP contribution in [0, 0.1) is 11.8 Å². The van der Waals surface area contributed by atoms with Crippen LogP contribution in [0.5, 0.6) is 0 Å². The number of nitrogens with zero attached hydrogens (tertiary/aromatic N) is 2. The minimum atomic E-state index is -0.747. The van der Waals surface area contributed by atoms with Crippen molar-refractivity contribution in [3.63, 3.8) is 0 Å². The van der Waals surface area contributed by atoms with Crippen molar-refractivity contribution in [3.8, 4) is 0 Å². The molecule has 4 unspecified atom stereocenters. The van der Waals surface area contributed by atoms with Crippen LogP contribution in [-0.4, -0.2) is 62.8 Å². The summed E-state index contributed by atoms with van der Waals surface area (Å²) >= 11 is 0. The molecule has 3 nitrogen and oxygen atoms in total. The third kappa shape index (κ3) is 10.6. The highest BCUT2D eigenvalue weighted by Gasteiger charge is 2.33. The summed E-state index contributed by atoms with van der Waals surface area (Å²) in [5.74, 6) is 1.23. The van der Waals surface area contributed by atoms with Crippen molar-refractivity contribution < 1.29 is 4.21 Å². The van der Waals surface area contributed by atoms with Crippen LogP contribution in [0.3, 0.4) is 0 Å². The molecule has 34 heavy (non-hydrogen) atoms. The lowest BCUT2D eigenvalue weighted by Crippen LogP contribution is -2.45. The standard InChI is InChI=1S/C30H60N2OS/c1-7-15-27(31-17-11-9-12-18-31)23-29(21-25(3)4)34(33)30(22-26(5)6)24-28(16-8-2)32-19-13-10-14-20-32/h25-30H,7-24H2,1-6H3. The maximum atomic E-state index is 14.4. The van der Waals surface area contributed by atoms with Gasteiger partial charge in [0.15, 0.2) is 0 Å². The summed E-state index contributed by atoms with van der Waals surface area (Å²) in [7, 11) is -0.747. The molecule has 0 saturated carbocycles. The predicted octanol–water partition coefficient (Wildman–Crippen LogP) is 7.65. The number of piperidine rings is 2. The minimum absolute atomic E-state index is 0.353. The second kappa shape index (κ2) is 16.7. The van der Waals surface area contributed by atoms with Crippen LogP contribution in [0.25, 0.3) is 0 Å². The molecule has 2 rings (SSSR count). The smallest absolute Gasteiger partial charge is 0.0368 e. The second-order valence-corrected chi connectivity index (χ2v) is 14.4. The van der Waals surface area contributed by atoms with Crippen LogP contribution in [0.2, 0.25) is 0 Å². The van der Waals surface area contributed by atoms with E-state index in [2.05, 4.69) is 51.3 Å². The Hall–Kier alpha value is 0.0700. The largest absolute Gasteiger partial charge is 0.300 e. The molecule has 2 heterocycles. The molecule has 0 spiro atoms. The van der Waals surface area contributed by atoms with Gasteiger partial charge in [-0.25, -0.2) is 0 Å². The third-order valence-corrected chi connectivity index (χ3v) is 10.3. The molecule has 0 aromatic rings. The van der Waals surface area contributed by atoms with Crippen molar-refractivity contribution in [2.75, 3.05) is 26.2 Å². The van der Waals surface area contributed by atoms with Gasteiger partial charge in [-0.05, 0) is 102 Å². The Kier molecular flexibility index (Phi) is 14.9. The molecule has 4 heteroatoms. The van der Waals surface area contributed by atoms with Crippen LogP contribution < -0.4 is 0 Å². The first-order valence-electron chi connectivity index (χ1n) is 15.2. The zero-order valence-electron chi connectivity index (χ0n) is 23.9. The normalized spacial score (nSPS) is 23.2. The average molecular weight is 497 g/mol. The Morgan fingerprint density at radius 2 is 0.941 bits per heavy atom. The van der Waals surface area contributed by atoms with Crippen molar-refractivity contribution in [2.24, 2.45) is 11.8 Å². The summed E-state index contributed by atoms with van der Waals surface area (Å²) < 4.78 is 14.4. The Balaban J connectivity index is 2.19. The summed E-state index contributed by atoms with van der Waals surface area (Å²) in [6.07, 6.45) is 17.7. The molecular formula is C30H60N2OS. The molecule has 2 fully saturated rings. The summed E-state index contributed by atoms with van der Waals surface area (Å²) in [5.41, 5.74) is 0. The van der Waals surface area contributed by atoms with Crippen LogP contribution >= 0.6 is 0 Å². The van der Waals surface area contributed by atoms with Crippen LogP contribution in [0.4, 0.5) is 0 Å². The van der Waals surface area contributed by atoms with Crippen LogP contribution in [0.1, 0.15) is 131 Å². The fourth-order valence-electron chi connectivity index (χ4n) is 6.63. The Labute approximate surface area is 216 Å². The minimum Gasteiger partial charge on any atom is -0.300 e. The van der Waals surface area contributed by atoms with Gasteiger partial charge in [0.1, 0.15) is 0 Å². The van der Waals surface area contributed by atoms with E-state index in [1.54, 1.807) is 0 Å². The zero-order valence-corrected chi connectivity index (χ0v) is 24.7. The molecule has 4 atom stereocenters. The van der Waals surface area contributed by atoms with E-state index < -0.39 is 10.8 Å². The lowest BCUT2D eigenvalue weighted by molar-refractivity contribution is 0.142. The van der Waals surface area contributed by atoms with E-state index in [1.807, 2.05) is 0 Å². The van der Waals surface area contributed by atoms with Gasteiger partial charge in [0.05, 0.1) is 0 Å². The monoisotopic (exact) mass is 496 g/mol. The first kappa shape index (κ1) is 30.3. The van der Waals surface area contributed by atoms with Gasteiger partial charge in [-0.15, -0.1) is 0 Å². The van der Waals surface area contributed by atoms with Gasteiger partial charge in [0.25, 0.3) is 0 Å². The molecule has 0 aromatic heterocycles. The van der Waals surface area contributed by atoms with E-state index in [0.29, 0.717) is 34.4 Å². The first-order valence-corrected chi connectivity index (χ1v) is 16.5. The van der Waals surface area contributed by atoms with Crippen molar-refractivity contribution in [2.45, 2.75) is 154 Å². The van der Waals surface area contributed by atoms with E-state index in [1.165, 1.54) is 90.4 Å². The lowest BCUT2D eigenvalue weighted by Gasteiger charge is -2.39. The van der Waals surface area contributed by atoms with Gasteiger partial charge in [-0.1, -0.05) is 67.2 Å². The summed E-state index contributed by atoms with van der Waals surface area (Å²) in [6, 6.07) is 1.26. The predicted molar refractivity (Wildman–Crippen MR) is 152 cm³/mol. The van der Waals surface area contributed by atoms with Gasteiger partial charge in [0, 0.05) is 33.4 Å². The quantitative estimate of drug-likeness (QED) is 0.219. The fraction of sp³-hybridized carbons (Fsp3) is 1.00. The van der Waals surface area contributed by atoms with Gasteiger partial charge in [-0.3, -0.25) is 4.21 Å². The zero-order chi connectivity index (χ0) is 24.9. The molecule has 0 radical (unpaired) electrons. The number of hydrogen-bond acceptors (Lipinski definition) is 3. The van der Waals surface area contributed by atoms with E-state index >= 15 is 0 Å². The lowest BCUT2D eigenvalue weighted by atomic mass is 9.96. The van der Waals surface area contributed by atoms with E-state index in [9.17, 15) is 4.21 Å². The maximum Gasteiger partial charge on any atom is 0.0368 e. The number of hydrogen-bond donors (Lipinski definition) is 0. The van der Waals surface area contributed by atoms with E-state index in [-0.39, 0.29) is 0 Å². The molecule has 0 aliphatic carbocycles. The van der Waals surface area contributed by atoms with E-state index in [0.717, 1.165) is 25.7 Å². The van der Waals surface area contributed by atoms with Crippen molar-refractivity contribution in [3.05, 3.63) is 0 Å². The molecule has 2 aliphatic rings. The van der Waals surface area contributed by atoms with Crippen LogP contribution in [-0.2, 0) is 10.8 Å². The topological polar surface area (TPSA) is 23.6 Å². The molecule has 202 valence electrons. The third-order valence-electron chi connectivity index (χ3n) is 8.25. The Morgan fingerprint density at radius 1 is 0.588 bits per heavy atom. The van der Waals surface area contributed by atoms with E-state index in [4.69, 9.17) is 0 Å². The highest BCUT2D eigenvalue weighted by Crippen LogP contribution is 2.30. The summed E-state index contributed by atoms with van der Waals surface area (Å²) in [6.45, 7) is 19.1. The van der Waals surface area contributed by atoms with Crippen molar-refractivity contribution in [1.82, 2.24) is 9.80 Å². The second-order valence-electron chi connectivity index (χ2n) is 12.4. The fourth-order valence-corrected chi connectivity index (χ4v) is 9.15. The maximum absolute atomic E-state index is 14.4. The SMILES string of the molecule is CCCC(CC(CC(C)C)S(=O)C(CC(C)C)CC(CCC)N1CCCCC1)N1CCCCC1. The Morgan fingerprint density at radius 3 is 1.24 bits per heavy atom. The van der Waals surface area contributed by atoms with Gasteiger partial charge < -0.3 is 9.80 Å².